The number of amides is 1. The minimum absolute atomic E-state index is 0.0567. The Morgan fingerprint density at radius 1 is 1.15 bits per heavy atom. The smallest absolute Gasteiger partial charge is 0.305 e. The maximum atomic E-state index is 12.9. The number of carboxylic acids is 1. The molecule has 1 aromatic carbocycles. The van der Waals surface area contributed by atoms with E-state index >= 15 is 0 Å². The van der Waals surface area contributed by atoms with Gasteiger partial charge in [0.25, 0.3) is 5.91 Å². The van der Waals surface area contributed by atoms with Crippen molar-refractivity contribution in [2.24, 2.45) is 5.92 Å². The van der Waals surface area contributed by atoms with Crippen molar-refractivity contribution in [3.8, 4) is 21.9 Å². The van der Waals surface area contributed by atoms with Gasteiger partial charge in [0.15, 0.2) is 11.5 Å². The Balaban J connectivity index is 1.78. The lowest BCUT2D eigenvalue weighted by Crippen LogP contribution is -2.35. The molecular weight excluding hydrogens is 366 g/mol. The Bertz CT molecular complexity index is 830. The summed E-state index contributed by atoms with van der Waals surface area (Å²) in [5.74, 6) is 0.677. The van der Waals surface area contributed by atoms with Crippen LogP contribution in [0, 0.1) is 5.92 Å². The van der Waals surface area contributed by atoms with Crippen molar-refractivity contribution in [2.45, 2.75) is 20.3 Å². The molecule has 0 saturated heterocycles. The summed E-state index contributed by atoms with van der Waals surface area (Å²) in [6, 6.07) is 9.46. The highest BCUT2D eigenvalue weighted by Gasteiger charge is 2.20. The van der Waals surface area contributed by atoms with E-state index in [4.69, 9.17) is 14.6 Å². The molecule has 7 heteroatoms. The van der Waals surface area contributed by atoms with Gasteiger partial charge in [-0.05, 0) is 41.8 Å². The molecule has 0 unspecified atom stereocenters. The number of carbonyl (C=O) groups excluding carboxylic acids is 1. The Kier molecular flexibility index (Phi) is 6.01. The summed E-state index contributed by atoms with van der Waals surface area (Å²) in [4.78, 5) is 26.9. The maximum Gasteiger partial charge on any atom is 0.305 e. The molecule has 0 aliphatic carbocycles. The van der Waals surface area contributed by atoms with E-state index in [1.54, 1.807) is 11.0 Å². The van der Waals surface area contributed by atoms with Crippen molar-refractivity contribution in [1.82, 2.24) is 4.90 Å². The minimum atomic E-state index is -0.903. The lowest BCUT2D eigenvalue weighted by Gasteiger charge is -2.23. The van der Waals surface area contributed by atoms with Crippen molar-refractivity contribution < 1.29 is 24.2 Å². The van der Waals surface area contributed by atoms with E-state index < -0.39 is 5.97 Å². The topological polar surface area (TPSA) is 76.1 Å². The summed E-state index contributed by atoms with van der Waals surface area (Å²) in [5.41, 5.74) is 0.962. The van der Waals surface area contributed by atoms with Gasteiger partial charge in [0.2, 0.25) is 0 Å². The molecule has 0 fully saturated rings. The highest BCUT2D eigenvalue weighted by atomic mass is 32.1. The number of rotatable bonds is 7. The van der Waals surface area contributed by atoms with Gasteiger partial charge in [0.05, 0.1) is 11.3 Å². The first-order valence-electron chi connectivity index (χ1n) is 8.95. The molecule has 0 bridgehead atoms. The number of aliphatic carboxylic acids is 1. The molecule has 0 saturated carbocycles. The van der Waals surface area contributed by atoms with Gasteiger partial charge in [0, 0.05) is 18.0 Å². The second-order valence-corrected chi connectivity index (χ2v) is 7.89. The number of benzene rings is 1. The zero-order valence-electron chi connectivity index (χ0n) is 15.4. The van der Waals surface area contributed by atoms with Crippen molar-refractivity contribution in [1.29, 1.82) is 0 Å². The fourth-order valence-electron chi connectivity index (χ4n) is 2.91. The third-order valence-corrected chi connectivity index (χ3v) is 5.23. The van der Waals surface area contributed by atoms with E-state index in [0.717, 1.165) is 16.2 Å². The standard InChI is InChI=1S/C20H23NO5S/c1-13(2)12-21(8-7-19(22)23)20(24)18-6-5-17(27-18)14-3-4-15-16(11-14)26-10-9-25-15/h3-6,11,13H,7-10,12H2,1-2H3,(H,22,23). The molecule has 1 aliphatic heterocycles. The van der Waals surface area contributed by atoms with Crippen molar-refractivity contribution in [2.75, 3.05) is 26.3 Å². The molecule has 2 aromatic rings. The van der Waals surface area contributed by atoms with Crippen molar-refractivity contribution in [3.63, 3.8) is 0 Å². The lowest BCUT2D eigenvalue weighted by molar-refractivity contribution is -0.137. The van der Waals surface area contributed by atoms with Crippen LogP contribution in [0.15, 0.2) is 30.3 Å². The van der Waals surface area contributed by atoms with Crippen LogP contribution >= 0.6 is 11.3 Å². The van der Waals surface area contributed by atoms with Crippen LogP contribution in [-0.4, -0.2) is 48.2 Å². The Labute approximate surface area is 162 Å². The predicted molar refractivity (Wildman–Crippen MR) is 104 cm³/mol. The van der Waals surface area contributed by atoms with Gasteiger partial charge in [0.1, 0.15) is 13.2 Å². The molecule has 1 amide bonds. The third kappa shape index (κ3) is 4.80. The number of carboxylic acid groups (broad SMARTS) is 1. The second-order valence-electron chi connectivity index (χ2n) is 6.81. The number of nitrogens with zero attached hydrogens (tertiary/aromatic N) is 1. The number of ether oxygens (including phenoxy) is 2. The van der Waals surface area contributed by atoms with Gasteiger partial charge in [-0.15, -0.1) is 11.3 Å². The van der Waals surface area contributed by atoms with E-state index in [1.165, 1.54) is 11.3 Å². The average molecular weight is 389 g/mol. The number of thiophene rings is 1. The van der Waals surface area contributed by atoms with Gasteiger partial charge < -0.3 is 19.5 Å². The fraction of sp³-hybridized carbons (Fsp3) is 0.400. The Morgan fingerprint density at radius 2 is 1.89 bits per heavy atom. The predicted octanol–water partition coefficient (Wildman–Crippen LogP) is 3.76. The zero-order valence-corrected chi connectivity index (χ0v) is 16.3. The van der Waals surface area contributed by atoms with Crippen LogP contribution in [0.4, 0.5) is 0 Å². The normalized spacial score (nSPS) is 12.9. The van der Waals surface area contributed by atoms with Crippen LogP contribution in [-0.2, 0) is 4.79 Å². The van der Waals surface area contributed by atoms with Gasteiger partial charge >= 0.3 is 5.97 Å². The van der Waals surface area contributed by atoms with Crippen molar-refractivity contribution >= 4 is 23.2 Å². The zero-order chi connectivity index (χ0) is 19.4. The van der Waals surface area contributed by atoms with Crippen LogP contribution < -0.4 is 9.47 Å². The molecule has 1 N–H and O–H groups in total. The van der Waals surface area contributed by atoms with E-state index in [9.17, 15) is 9.59 Å². The van der Waals surface area contributed by atoms with Crippen LogP contribution in [0.25, 0.3) is 10.4 Å². The van der Waals surface area contributed by atoms with Gasteiger partial charge in [-0.25, -0.2) is 0 Å². The quantitative estimate of drug-likeness (QED) is 0.780. The van der Waals surface area contributed by atoms with E-state index in [2.05, 4.69) is 0 Å². The summed E-state index contributed by atoms with van der Waals surface area (Å²) in [7, 11) is 0. The SMILES string of the molecule is CC(C)CN(CCC(=O)O)C(=O)c1ccc(-c2ccc3c(c2)OCCO3)s1. The molecule has 0 spiro atoms. The Morgan fingerprint density at radius 3 is 2.59 bits per heavy atom. The first kappa shape index (κ1) is 19.2. The van der Waals surface area contributed by atoms with E-state index in [-0.39, 0.29) is 24.8 Å². The average Bonchev–Trinajstić information content (AvgIpc) is 3.14. The molecular formula is C20H23NO5S. The van der Waals surface area contributed by atoms with Gasteiger partial charge in [-0.3, -0.25) is 9.59 Å². The highest BCUT2D eigenvalue weighted by Crippen LogP contribution is 2.37. The van der Waals surface area contributed by atoms with E-state index in [0.29, 0.717) is 30.4 Å². The second kappa shape index (κ2) is 8.43. The molecule has 1 aliphatic rings. The monoisotopic (exact) mass is 389 g/mol. The molecule has 144 valence electrons. The summed E-state index contributed by atoms with van der Waals surface area (Å²) in [6.45, 7) is 5.84. The number of carbonyl (C=O) groups is 2. The largest absolute Gasteiger partial charge is 0.486 e. The third-order valence-electron chi connectivity index (χ3n) is 4.11. The van der Waals surface area contributed by atoms with Crippen LogP contribution in [0.1, 0.15) is 29.9 Å². The minimum Gasteiger partial charge on any atom is -0.486 e. The molecule has 3 rings (SSSR count). The number of hydrogen-bond acceptors (Lipinski definition) is 5. The van der Waals surface area contributed by atoms with Crippen LogP contribution in [0.5, 0.6) is 11.5 Å². The van der Waals surface area contributed by atoms with Gasteiger partial charge in [-0.2, -0.15) is 0 Å². The highest BCUT2D eigenvalue weighted by molar-refractivity contribution is 7.17. The summed E-state index contributed by atoms with van der Waals surface area (Å²) < 4.78 is 11.2. The van der Waals surface area contributed by atoms with E-state index in [1.807, 2.05) is 38.1 Å². The molecule has 27 heavy (non-hydrogen) atoms. The van der Waals surface area contributed by atoms with Crippen LogP contribution in [0.3, 0.4) is 0 Å². The molecule has 6 nitrogen and oxygen atoms in total. The Hall–Kier alpha value is -2.54. The molecule has 1 aromatic heterocycles. The molecule has 0 radical (unpaired) electrons. The maximum absolute atomic E-state index is 12.9. The number of fused-ring (bicyclic) bond motifs is 1. The fourth-order valence-corrected chi connectivity index (χ4v) is 3.88. The first-order valence-corrected chi connectivity index (χ1v) is 9.76. The molecule has 2 heterocycles. The van der Waals surface area contributed by atoms with Crippen molar-refractivity contribution in [3.05, 3.63) is 35.2 Å². The number of hydrogen-bond donors (Lipinski definition) is 1. The summed E-state index contributed by atoms with van der Waals surface area (Å²) in [6.07, 6.45) is -0.0567. The summed E-state index contributed by atoms with van der Waals surface area (Å²) >= 11 is 1.40. The van der Waals surface area contributed by atoms with Gasteiger partial charge in [-0.1, -0.05) is 13.8 Å². The molecule has 0 atom stereocenters. The van der Waals surface area contributed by atoms with Crippen LogP contribution in [0.2, 0.25) is 0 Å². The summed E-state index contributed by atoms with van der Waals surface area (Å²) in [5, 5.41) is 8.94. The first-order chi connectivity index (χ1) is 12.9. The lowest BCUT2D eigenvalue weighted by atomic mass is 10.1.